The smallest absolute Gasteiger partial charge is 0.313 e. The summed E-state index contributed by atoms with van der Waals surface area (Å²) in [6.07, 6.45) is 5.26. The molecule has 1 saturated heterocycles. The van der Waals surface area contributed by atoms with Gasteiger partial charge in [0.2, 0.25) is 5.82 Å². The van der Waals surface area contributed by atoms with Crippen LogP contribution in [-0.2, 0) is 9.59 Å². The van der Waals surface area contributed by atoms with Crippen molar-refractivity contribution in [2.45, 2.75) is 12.8 Å². The van der Waals surface area contributed by atoms with Crippen molar-refractivity contribution in [3.63, 3.8) is 0 Å². The van der Waals surface area contributed by atoms with E-state index in [1.54, 1.807) is 6.20 Å². The number of carbonyl (C=O) groups is 2. The van der Waals surface area contributed by atoms with E-state index in [0.717, 1.165) is 49.8 Å². The molecule has 1 fully saturated rings. The molecule has 0 aliphatic carbocycles. The normalized spacial score (nSPS) is 14.3. The van der Waals surface area contributed by atoms with Gasteiger partial charge in [0.25, 0.3) is 0 Å². The van der Waals surface area contributed by atoms with Gasteiger partial charge >= 0.3 is 17.5 Å². The molecule has 0 saturated carbocycles. The first-order chi connectivity index (χ1) is 13.9. The summed E-state index contributed by atoms with van der Waals surface area (Å²) in [6.45, 7) is 2.02. The quantitative estimate of drug-likeness (QED) is 0.450. The Balaban J connectivity index is 1.46. The zero-order chi connectivity index (χ0) is 20.8. The molecule has 0 bridgehead atoms. The zero-order valence-electron chi connectivity index (χ0n) is 15.5. The van der Waals surface area contributed by atoms with Crippen LogP contribution >= 0.6 is 0 Å². The molecular weight excluding hydrogens is 381 g/mol. The summed E-state index contributed by atoms with van der Waals surface area (Å²) in [5, 5.41) is 15.6. The molecule has 10 heteroatoms. The van der Waals surface area contributed by atoms with E-state index in [9.17, 15) is 24.1 Å². The highest BCUT2D eigenvalue weighted by atomic mass is 19.1. The van der Waals surface area contributed by atoms with E-state index in [1.165, 1.54) is 0 Å². The van der Waals surface area contributed by atoms with Gasteiger partial charge in [-0.1, -0.05) is 0 Å². The lowest BCUT2D eigenvalue weighted by Gasteiger charge is -2.33. The van der Waals surface area contributed by atoms with Crippen LogP contribution in [0.2, 0.25) is 0 Å². The molecule has 152 valence electrons. The van der Waals surface area contributed by atoms with Gasteiger partial charge in [-0.05, 0) is 43.0 Å². The van der Waals surface area contributed by atoms with Crippen LogP contribution in [0, 0.1) is 21.8 Å². The predicted octanol–water partition coefficient (Wildman–Crippen LogP) is 2.10. The third-order valence-electron chi connectivity index (χ3n) is 4.78. The number of nitro benzene ring substituents is 1. The maximum Gasteiger partial charge on any atom is 0.313 e. The summed E-state index contributed by atoms with van der Waals surface area (Å²) in [6, 6.07) is 6.77. The van der Waals surface area contributed by atoms with Gasteiger partial charge in [0.05, 0.1) is 16.8 Å². The number of aromatic nitrogens is 1. The third-order valence-corrected chi connectivity index (χ3v) is 4.78. The van der Waals surface area contributed by atoms with E-state index < -0.39 is 28.2 Å². The minimum Gasteiger partial charge on any atom is -0.370 e. The van der Waals surface area contributed by atoms with Crippen molar-refractivity contribution in [2.24, 2.45) is 5.92 Å². The van der Waals surface area contributed by atoms with Gasteiger partial charge in [0.15, 0.2) is 0 Å². The first-order valence-corrected chi connectivity index (χ1v) is 9.12. The number of nitrogens with zero attached hydrogens (tertiary/aromatic N) is 3. The van der Waals surface area contributed by atoms with Gasteiger partial charge in [0.1, 0.15) is 0 Å². The third kappa shape index (κ3) is 5.24. The molecular formula is C19H20FN5O4. The molecule has 1 aromatic carbocycles. The maximum absolute atomic E-state index is 13.3. The fraction of sp³-hybridized carbons (Fsp3) is 0.316. The van der Waals surface area contributed by atoms with Crippen LogP contribution in [0.3, 0.4) is 0 Å². The maximum atomic E-state index is 13.3. The van der Waals surface area contributed by atoms with E-state index in [0.29, 0.717) is 6.54 Å². The number of nitro groups is 1. The van der Waals surface area contributed by atoms with Gasteiger partial charge < -0.3 is 15.5 Å². The Kier molecular flexibility index (Phi) is 6.32. The SMILES string of the molecule is O=C(NCC1CCN(c2cccnc2)CC1)C(=O)Nc1ccc(F)c([N+](=O)[O-])c1. The second-order valence-electron chi connectivity index (χ2n) is 6.73. The van der Waals surface area contributed by atoms with Crippen LogP contribution in [-0.4, -0.2) is 41.4 Å². The summed E-state index contributed by atoms with van der Waals surface area (Å²) in [5.74, 6) is -2.58. The molecule has 1 aliphatic rings. The highest BCUT2D eigenvalue weighted by Crippen LogP contribution is 2.23. The standard InChI is InChI=1S/C19H20FN5O4/c20-16-4-3-14(10-17(16)25(28)29)23-19(27)18(26)22-11-13-5-8-24(9-6-13)15-2-1-7-21-12-15/h1-4,7,10,12-13H,5-6,8-9,11H2,(H,22,26)(H,23,27). The fourth-order valence-corrected chi connectivity index (χ4v) is 3.17. The van der Waals surface area contributed by atoms with Crippen molar-refractivity contribution in [3.05, 3.63) is 58.7 Å². The minimum atomic E-state index is -1.02. The summed E-state index contributed by atoms with van der Waals surface area (Å²) < 4.78 is 13.3. The molecule has 1 aliphatic heterocycles. The lowest BCUT2D eigenvalue weighted by atomic mass is 9.96. The van der Waals surface area contributed by atoms with Crippen LogP contribution in [0.1, 0.15) is 12.8 Å². The van der Waals surface area contributed by atoms with Crippen molar-refractivity contribution in [2.75, 3.05) is 29.9 Å². The Bertz CT molecular complexity index is 901. The molecule has 0 spiro atoms. The number of piperidine rings is 1. The van der Waals surface area contributed by atoms with E-state index in [1.807, 2.05) is 18.3 Å². The second kappa shape index (κ2) is 9.09. The molecule has 0 radical (unpaired) electrons. The van der Waals surface area contributed by atoms with Gasteiger partial charge in [-0.15, -0.1) is 0 Å². The van der Waals surface area contributed by atoms with Crippen molar-refractivity contribution in [1.82, 2.24) is 10.3 Å². The summed E-state index contributed by atoms with van der Waals surface area (Å²) in [7, 11) is 0. The Morgan fingerprint density at radius 1 is 1.24 bits per heavy atom. The van der Waals surface area contributed by atoms with Gasteiger partial charge in [-0.2, -0.15) is 4.39 Å². The Labute approximate surface area is 166 Å². The van der Waals surface area contributed by atoms with Gasteiger partial charge in [-0.3, -0.25) is 24.7 Å². The van der Waals surface area contributed by atoms with Gasteiger partial charge in [0, 0.05) is 37.6 Å². The first-order valence-electron chi connectivity index (χ1n) is 9.12. The first kappa shape index (κ1) is 20.2. The molecule has 0 unspecified atom stereocenters. The van der Waals surface area contributed by atoms with Crippen molar-refractivity contribution >= 4 is 28.9 Å². The molecule has 1 aromatic heterocycles. The molecule has 29 heavy (non-hydrogen) atoms. The second-order valence-corrected chi connectivity index (χ2v) is 6.73. The number of carbonyl (C=O) groups excluding carboxylic acids is 2. The van der Waals surface area contributed by atoms with Crippen LogP contribution in [0.15, 0.2) is 42.7 Å². The molecule has 0 atom stereocenters. The number of nitrogens with one attached hydrogen (secondary N) is 2. The Hall–Kier alpha value is -3.56. The van der Waals surface area contributed by atoms with Crippen LogP contribution in [0.4, 0.5) is 21.5 Å². The average Bonchev–Trinajstić information content (AvgIpc) is 2.74. The highest BCUT2D eigenvalue weighted by molar-refractivity contribution is 6.39. The lowest BCUT2D eigenvalue weighted by molar-refractivity contribution is -0.387. The van der Waals surface area contributed by atoms with E-state index in [2.05, 4.69) is 20.5 Å². The number of benzene rings is 1. The summed E-state index contributed by atoms with van der Waals surface area (Å²) >= 11 is 0. The van der Waals surface area contributed by atoms with E-state index in [-0.39, 0.29) is 11.6 Å². The number of rotatable bonds is 5. The molecule has 2 aromatic rings. The van der Waals surface area contributed by atoms with Crippen LogP contribution in [0.5, 0.6) is 0 Å². The lowest BCUT2D eigenvalue weighted by Crippen LogP contribution is -2.41. The van der Waals surface area contributed by atoms with Gasteiger partial charge in [-0.25, -0.2) is 0 Å². The fourth-order valence-electron chi connectivity index (χ4n) is 3.17. The molecule has 2 N–H and O–H groups in total. The number of hydrogen-bond acceptors (Lipinski definition) is 6. The van der Waals surface area contributed by atoms with Crippen LogP contribution in [0.25, 0.3) is 0 Å². The number of hydrogen-bond donors (Lipinski definition) is 2. The number of halogens is 1. The van der Waals surface area contributed by atoms with Crippen molar-refractivity contribution in [3.8, 4) is 0 Å². The Morgan fingerprint density at radius 2 is 2.00 bits per heavy atom. The predicted molar refractivity (Wildman–Crippen MR) is 104 cm³/mol. The average molecular weight is 401 g/mol. The zero-order valence-corrected chi connectivity index (χ0v) is 15.5. The highest BCUT2D eigenvalue weighted by Gasteiger charge is 2.22. The summed E-state index contributed by atoms with van der Waals surface area (Å²) in [4.78, 5) is 40.2. The number of amides is 2. The van der Waals surface area contributed by atoms with Crippen molar-refractivity contribution in [1.29, 1.82) is 0 Å². The molecule has 2 amide bonds. The Morgan fingerprint density at radius 3 is 2.66 bits per heavy atom. The number of anilines is 2. The van der Waals surface area contributed by atoms with E-state index >= 15 is 0 Å². The minimum absolute atomic E-state index is 0.0250. The number of pyridine rings is 1. The van der Waals surface area contributed by atoms with E-state index in [4.69, 9.17) is 0 Å². The largest absolute Gasteiger partial charge is 0.370 e. The van der Waals surface area contributed by atoms with Crippen molar-refractivity contribution < 1.29 is 18.9 Å². The monoisotopic (exact) mass is 401 g/mol. The van der Waals surface area contributed by atoms with Crippen LogP contribution < -0.4 is 15.5 Å². The summed E-state index contributed by atoms with van der Waals surface area (Å²) in [5.41, 5.74) is 0.259. The molecule has 9 nitrogen and oxygen atoms in total. The molecule has 3 rings (SSSR count). The topological polar surface area (TPSA) is 117 Å². The molecule has 2 heterocycles.